The first-order valence-electron chi connectivity index (χ1n) is 8.39. The molecule has 0 bridgehead atoms. The molecule has 5 nitrogen and oxygen atoms in total. The third kappa shape index (κ3) is 3.47. The van der Waals surface area contributed by atoms with Crippen LogP contribution in [0.2, 0.25) is 5.02 Å². The summed E-state index contributed by atoms with van der Waals surface area (Å²) in [5.41, 5.74) is 1.74. The highest BCUT2D eigenvalue weighted by atomic mass is 35.5. The fourth-order valence-corrected chi connectivity index (χ4v) is 4.50. The van der Waals surface area contributed by atoms with E-state index in [4.69, 9.17) is 11.6 Å². The van der Waals surface area contributed by atoms with Crippen LogP contribution < -0.4 is 5.32 Å². The van der Waals surface area contributed by atoms with Crippen LogP contribution in [-0.2, 0) is 0 Å². The number of hydrogen-bond donors (Lipinski definition) is 1. The molecule has 0 spiro atoms. The van der Waals surface area contributed by atoms with Gasteiger partial charge in [-0.25, -0.2) is 4.68 Å². The zero-order chi connectivity index (χ0) is 17.4. The van der Waals surface area contributed by atoms with Gasteiger partial charge in [-0.2, -0.15) is 5.10 Å². The third-order valence-electron chi connectivity index (χ3n) is 4.46. The van der Waals surface area contributed by atoms with Crippen LogP contribution in [0.4, 0.5) is 0 Å². The molecule has 3 heterocycles. The average Bonchev–Trinajstić information content (AvgIpc) is 3.04. The van der Waals surface area contributed by atoms with Gasteiger partial charge in [-0.15, -0.1) is 23.7 Å². The summed E-state index contributed by atoms with van der Waals surface area (Å²) in [5, 5.41) is 9.61. The number of nitrogens with zero attached hydrogens (tertiary/aromatic N) is 3. The van der Waals surface area contributed by atoms with Gasteiger partial charge in [0.15, 0.2) is 0 Å². The van der Waals surface area contributed by atoms with Crippen molar-refractivity contribution in [3.8, 4) is 5.69 Å². The van der Waals surface area contributed by atoms with Crippen molar-refractivity contribution in [1.29, 1.82) is 0 Å². The quantitative estimate of drug-likeness (QED) is 0.696. The molecule has 0 aliphatic carbocycles. The molecule has 1 fully saturated rings. The molecule has 4 rings (SSSR count). The molecule has 0 radical (unpaired) electrons. The zero-order valence-corrected chi connectivity index (χ0v) is 16.8. The lowest BCUT2D eigenvalue weighted by Gasteiger charge is -2.18. The molecule has 0 unspecified atom stereocenters. The van der Waals surface area contributed by atoms with Crippen molar-refractivity contribution in [1.82, 2.24) is 20.0 Å². The average molecular weight is 411 g/mol. The molecule has 1 aromatic carbocycles. The van der Waals surface area contributed by atoms with Crippen molar-refractivity contribution in [2.75, 3.05) is 26.2 Å². The summed E-state index contributed by atoms with van der Waals surface area (Å²) in [6.45, 7) is 5.34. The molecule has 0 atom stereocenters. The van der Waals surface area contributed by atoms with Crippen LogP contribution in [-0.4, -0.2) is 46.8 Å². The highest BCUT2D eigenvalue weighted by Gasteiger charge is 2.22. The number of halogens is 2. The van der Waals surface area contributed by atoms with Crippen LogP contribution in [0.25, 0.3) is 15.9 Å². The lowest BCUT2D eigenvalue weighted by atomic mass is 10.3. The van der Waals surface area contributed by atoms with Crippen LogP contribution in [0.5, 0.6) is 0 Å². The van der Waals surface area contributed by atoms with E-state index >= 15 is 0 Å². The van der Waals surface area contributed by atoms with Gasteiger partial charge in [0.2, 0.25) is 0 Å². The molecule has 3 aromatic rings. The number of carbonyl (C=O) groups excluding carboxylic acids is 1. The Kier molecular flexibility index (Phi) is 5.87. The predicted octanol–water partition coefficient (Wildman–Crippen LogP) is 3.91. The SMILES string of the molecule is Cc1nn(-c2ccccc2Cl)c2sc(C(=O)N3CCCNCC3)cc12.Cl. The first kappa shape index (κ1) is 19.2. The largest absolute Gasteiger partial charge is 0.337 e. The Bertz CT molecular complexity index is 929. The summed E-state index contributed by atoms with van der Waals surface area (Å²) >= 11 is 7.83. The molecule has 0 saturated carbocycles. The van der Waals surface area contributed by atoms with Gasteiger partial charge in [0.1, 0.15) is 4.83 Å². The summed E-state index contributed by atoms with van der Waals surface area (Å²) in [4.78, 5) is 16.6. The Balaban J connectivity index is 0.00000196. The second kappa shape index (κ2) is 7.96. The molecule has 1 amide bonds. The number of carbonyl (C=O) groups is 1. The zero-order valence-electron chi connectivity index (χ0n) is 14.4. The maximum Gasteiger partial charge on any atom is 0.264 e. The smallest absolute Gasteiger partial charge is 0.264 e. The molecular weight excluding hydrogens is 391 g/mol. The van der Waals surface area contributed by atoms with E-state index in [2.05, 4.69) is 10.4 Å². The number of benzene rings is 1. The summed E-state index contributed by atoms with van der Waals surface area (Å²) in [7, 11) is 0. The van der Waals surface area contributed by atoms with Gasteiger partial charge >= 0.3 is 0 Å². The number of rotatable bonds is 2. The highest BCUT2D eigenvalue weighted by Crippen LogP contribution is 2.33. The fraction of sp³-hybridized carbons (Fsp3) is 0.333. The van der Waals surface area contributed by atoms with E-state index in [-0.39, 0.29) is 18.3 Å². The summed E-state index contributed by atoms with van der Waals surface area (Å²) in [5.74, 6) is 0.106. The monoisotopic (exact) mass is 410 g/mol. The van der Waals surface area contributed by atoms with Gasteiger partial charge < -0.3 is 10.2 Å². The highest BCUT2D eigenvalue weighted by molar-refractivity contribution is 7.20. The van der Waals surface area contributed by atoms with E-state index in [9.17, 15) is 4.79 Å². The van der Waals surface area contributed by atoms with Gasteiger partial charge in [-0.1, -0.05) is 23.7 Å². The van der Waals surface area contributed by atoms with Crippen LogP contribution >= 0.6 is 35.3 Å². The predicted molar refractivity (Wildman–Crippen MR) is 109 cm³/mol. The van der Waals surface area contributed by atoms with E-state index in [0.717, 1.165) is 59.1 Å². The van der Waals surface area contributed by atoms with Gasteiger partial charge in [0, 0.05) is 25.0 Å². The minimum Gasteiger partial charge on any atom is -0.337 e. The molecule has 1 aliphatic heterocycles. The Morgan fingerprint density at radius 1 is 1.27 bits per heavy atom. The lowest BCUT2D eigenvalue weighted by Crippen LogP contribution is -2.33. The van der Waals surface area contributed by atoms with Crippen molar-refractivity contribution in [2.24, 2.45) is 0 Å². The topological polar surface area (TPSA) is 50.2 Å². The Morgan fingerprint density at radius 3 is 2.88 bits per heavy atom. The minimum absolute atomic E-state index is 0. The second-order valence-corrected chi connectivity index (χ2v) is 7.61. The van der Waals surface area contributed by atoms with E-state index in [1.807, 2.05) is 46.8 Å². The van der Waals surface area contributed by atoms with Crippen LogP contribution in [0.1, 0.15) is 21.8 Å². The number of fused-ring (bicyclic) bond motifs is 1. The van der Waals surface area contributed by atoms with E-state index < -0.39 is 0 Å². The molecule has 1 N–H and O–H groups in total. The standard InChI is InChI=1S/C18H19ClN4OS.ClH/c1-12-13-11-16(17(24)22-9-4-7-20-8-10-22)25-18(13)23(21-12)15-6-3-2-5-14(15)19;/h2-3,5-6,11,20H,4,7-10H2,1H3;1H. The van der Waals surface area contributed by atoms with E-state index in [1.165, 1.54) is 11.3 Å². The van der Waals surface area contributed by atoms with Gasteiger partial charge in [0.05, 0.1) is 21.3 Å². The number of nitrogens with one attached hydrogen (secondary N) is 1. The summed E-state index contributed by atoms with van der Waals surface area (Å²) in [6, 6.07) is 9.60. The van der Waals surface area contributed by atoms with Crippen molar-refractivity contribution < 1.29 is 4.79 Å². The van der Waals surface area contributed by atoms with E-state index in [0.29, 0.717) is 5.02 Å². The fourth-order valence-electron chi connectivity index (χ4n) is 3.14. The van der Waals surface area contributed by atoms with Crippen LogP contribution in [0.3, 0.4) is 0 Å². The summed E-state index contributed by atoms with van der Waals surface area (Å²) < 4.78 is 1.85. The molecule has 1 saturated heterocycles. The van der Waals surface area contributed by atoms with Gasteiger partial charge in [-0.05, 0) is 38.1 Å². The number of para-hydroxylation sites is 1. The number of hydrogen-bond acceptors (Lipinski definition) is 4. The first-order valence-corrected chi connectivity index (χ1v) is 9.58. The van der Waals surface area contributed by atoms with Crippen molar-refractivity contribution in [2.45, 2.75) is 13.3 Å². The van der Waals surface area contributed by atoms with Crippen molar-refractivity contribution in [3.05, 3.63) is 45.9 Å². The molecular formula is C18H20Cl2N4OS. The Labute approximate surface area is 167 Å². The normalized spacial score (nSPS) is 14.9. The molecule has 1 aliphatic rings. The van der Waals surface area contributed by atoms with Crippen LogP contribution in [0, 0.1) is 6.92 Å². The maximum atomic E-state index is 12.9. The molecule has 26 heavy (non-hydrogen) atoms. The molecule has 8 heteroatoms. The Hall–Kier alpha value is -1.60. The number of aromatic nitrogens is 2. The minimum atomic E-state index is 0. The second-order valence-electron chi connectivity index (χ2n) is 6.17. The lowest BCUT2D eigenvalue weighted by molar-refractivity contribution is 0.0771. The molecule has 138 valence electrons. The van der Waals surface area contributed by atoms with Crippen molar-refractivity contribution in [3.63, 3.8) is 0 Å². The van der Waals surface area contributed by atoms with Crippen LogP contribution in [0.15, 0.2) is 30.3 Å². The number of thiophene rings is 1. The number of aryl methyl sites for hydroxylation is 1. The van der Waals surface area contributed by atoms with E-state index in [1.54, 1.807) is 0 Å². The molecule has 2 aromatic heterocycles. The van der Waals surface area contributed by atoms with Gasteiger partial charge in [0.25, 0.3) is 5.91 Å². The first-order chi connectivity index (χ1) is 12.1. The van der Waals surface area contributed by atoms with Crippen molar-refractivity contribution >= 4 is 51.5 Å². The van der Waals surface area contributed by atoms with Gasteiger partial charge in [-0.3, -0.25) is 4.79 Å². The Morgan fingerprint density at radius 2 is 2.08 bits per heavy atom. The third-order valence-corrected chi connectivity index (χ3v) is 5.88. The summed E-state index contributed by atoms with van der Waals surface area (Å²) in [6.07, 6.45) is 0.989. The maximum absolute atomic E-state index is 12.9. The number of amides is 1.